The average molecular weight is 318 g/mol. The van der Waals surface area contributed by atoms with Crippen molar-refractivity contribution in [3.63, 3.8) is 0 Å². The second-order valence-electron chi connectivity index (χ2n) is 5.24. The van der Waals surface area contributed by atoms with Gasteiger partial charge in [0.1, 0.15) is 5.83 Å². The maximum absolute atomic E-state index is 13.3. The van der Waals surface area contributed by atoms with Crippen LogP contribution in [-0.4, -0.2) is 26.4 Å². The summed E-state index contributed by atoms with van der Waals surface area (Å²) in [5, 5.41) is 0. The highest BCUT2D eigenvalue weighted by atomic mass is 19.1. The average Bonchev–Trinajstić information content (AvgIpc) is 2.75. The van der Waals surface area contributed by atoms with E-state index >= 15 is 0 Å². The predicted molar refractivity (Wildman–Crippen MR) is 95.0 cm³/mol. The fraction of sp³-hybridized carbons (Fsp3) is 0.400. The van der Waals surface area contributed by atoms with Crippen molar-refractivity contribution in [3.05, 3.63) is 71.2 Å². The highest BCUT2D eigenvalue weighted by Gasteiger charge is 2.09. The molecule has 0 N–H and O–H groups in total. The molecule has 23 heavy (non-hydrogen) atoms. The van der Waals surface area contributed by atoms with E-state index in [2.05, 4.69) is 12.7 Å². The van der Waals surface area contributed by atoms with E-state index in [0.717, 1.165) is 22.3 Å². The van der Waals surface area contributed by atoms with Crippen LogP contribution >= 0.6 is 0 Å². The minimum Gasteiger partial charge on any atom is -0.378 e. The van der Waals surface area contributed by atoms with Gasteiger partial charge in [-0.15, -0.1) is 0 Å². The summed E-state index contributed by atoms with van der Waals surface area (Å²) < 4.78 is 24.2. The SMILES string of the molecule is C=C(C1=CC=C(F)C=CC1)/C(=C\C(C)=C/COCC)COCC. The molecule has 0 heterocycles. The summed E-state index contributed by atoms with van der Waals surface area (Å²) >= 11 is 0. The lowest BCUT2D eigenvalue weighted by Gasteiger charge is -2.14. The molecule has 0 saturated carbocycles. The third-order valence-corrected chi connectivity index (χ3v) is 3.42. The van der Waals surface area contributed by atoms with Crippen molar-refractivity contribution in [1.82, 2.24) is 0 Å². The Morgan fingerprint density at radius 1 is 1.26 bits per heavy atom. The molecule has 0 amide bonds. The molecular weight excluding hydrogens is 291 g/mol. The van der Waals surface area contributed by atoms with Crippen LogP contribution in [0.2, 0.25) is 0 Å². The van der Waals surface area contributed by atoms with Crippen LogP contribution < -0.4 is 0 Å². The van der Waals surface area contributed by atoms with Gasteiger partial charge < -0.3 is 9.47 Å². The van der Waals surface area contributed by atoms with Crippen LogP contribution in [0.5, 0.6) is 0 Å². The van der Waals surface area contributed by atoms with E-state index in [0.29, 0.717) is 32.8 Å². The fourth-order valence-corrected chi connectivity index (χ4v) is 2.10. The van der Waals surface area contributed by atoms with E-state index in [4.69, 9.17) is 9.47 Å². The molecule has 0 aromatic carbocycles. The second-order valence-corrected chi connectivity index (χ2v) is 5.24. The number of hydrogen-bond acceptors (Lipinski definition) is 2. The van der Waals surface area contributed by atoms with Gasteiger partial charge in [-0.25, -0.2) is 4.39 Å². The normalized spacial score (nSPS) is 16.0. The molecule has 2 nitrogen and oxygen atoms in total. The van der Waals surface area contributed by atoms with Crippen LogP contribution in [0.25, 0.3) is 0 Å². The molecule has 0 radical (unpaired) electrons. The molecule has 1 rings (SSSR count). The molecule has 0 unspecified atom stereocenters. The molecular formula is C20H27FO2. The summed E-state index contributed by atoms with van der Waals surface area (Å²) in [6, 6.07) is 0. The summed E-state index contributed by atoms with van der Waals surface area (Å²) in [5.74, 6) is -0.240. The molecule has 1 aliphatic rings. The van der Waals surface area contributed by atoms with Gasteiger partial charge in [0.15, 0.2) is 0 Å². The summed E-state index contributed by atoms with van der Waals surface area (Å²) in [5.41, 5.74) is 3.99. The maximum atomic E-state index is 13.3. The Morgan fingerprint density at radius 2 is 2.00 bits per heavy atom. The molecule has 0 atom stereocenters. The number of halogens is 1. The lowest BCUT2D eigenvalue weighted by molar-refractivity contribution is 0.172. The first kappa shape index (κ1) is 19.3. The number of ether oxygens (including phenoxy) is 2. The van der Waals surface area contributed by atoms with Gasteiger partial charge in [-0.1, -0.05) is 36.5 Å². The third-order valence-electron chi connectivity index (χ3n) is 3.42. The van der Waals surface area contributed by atoms with Crippen molar-refractivity contribution in [3.8, 4) is 0 Å². The highest BCUT2D eigenvalue weighted by molar-refractivity contribution is 5.50. The Hall–Kier alpha value is -1.71. The van der Waals surface area contributed by atoms with Crippen LogP contribution in [0.15, 0.2) is 71.2 Å². The first-order chi connectivity index (χ1) is 11.1. The molecule has 0 aliphatic heterocycles. The molecule has 0 fully saturated rings. The Morgan fingerprint density at radius 3 is 2.70 bits per heavy atom. The molecule has 3 heteroatoms. The van der Waals surface area contributed by atoms with E-state index in [1.165, 1.54) is 12.2 Å². The molecule has 0 aromatic heterocycles. The summed E-state index contributed by atoms with van der Waals surface area (Å²) in [4.78, 5) is 0. The number of hydrogen-bond donors (Lipinski definition) is 0. The van der Waals surface area contributed by atoms with Gasteiger partial charge in [0, 0.05) is 13.2 Å². The van der Waals surface area contributed by atoms with Crippen LogP contribution in [0.4, 0.5) is 4.39 Å². The van der Waals surface area contributed by atoms with Crippen LogP contribution in [0.3, 0.4) is 0 Å². The number of rotatable bonds is 9. The van der Waals surface area contributed by atoms with Gasteiger partial charge in [-0.3, -0.25) is 0 Å². The first-order valence-corrected chi connectivity index (χ1v) is 8.03. The van der Waals surface area contributed by atoms with Gasteiger partial charge in [0.25, 0.3) is 0 Å². The van der Waals surface area contributed by atoms with Crippen LogP contribution in [0.1, 0.15) is 27.2 Å². The predicted octanol–water partition coefficient (Wildman–Crippen LogP) is 5.23. The summed E-state index contributed by atoms with van der Waals surface area (Å²) in [6.45, 7) is 12.6. The largest absolute Gasteiger partial charge is 0.378 e. The molecule has 1 aliphatic carbocycles. The topological polar surface area (TPSA) is 18.5 Å². The monoisotopic (exact) mass is 318 g/mol. The van der Waals surface area contributed by atoms with Crippen LogP contribution in [-0.2, 0) is 9.47 Å². The minimum absolute atomic E-state index is 0.240. The summed E-state index contributed by atoms with van der Waals surface area (Å²) in [7, 11) is 0. The lowest BCUT2D eigenvalue weighted by Crippen LogP contribution is -2.03. The van der Waals surface area contributed by atoms with E-state index in [1.807, 2.05) is 32.9 Å². The van der Waals surface area contributed by atoms with Crippen molar-refractivity contribution < 1.29 is 13.9 Å². The first-order valence-electron chi connectivity index (χ1n) is 8.03. The van der Waals surface area contributed by atoms with Crippen molar-refractivity contribution >= 4 is 0 Å². The van der Waals surface area contributed by atoms with E-state index in [1.54, 1.807) is 6.08 Å². The Bertz CT molecular complexity index is 548. The molecule has 0 saturated heterocycles. The highest BCUT2D eigenvalue weighted by Crippen LogP contribution is 2.25. The Balaban J connectivity index is 2.94. The van der Waals surface area contributed by atoms with Gasteiger partial charge in [-0.05, 0) is 56.1 Å². The van der Waals surface area contributed by atoms with E-state index < -0.39 is 0 Å². The van der Waals surface area contributed by atoms with Gasteiger partial charge >= 0.3 is 0 Å². The Kier molecular flexibility index (Phi) is 9.18. The zero-order valence-corrected chi connectivity index (χ0v) is 14.4. The molecule has 0 aromatic rings. The zero-order valence-electron chi connectivity index (χ0n) is 14.4. The van der Waals surface area contributed by atoms with E-state index in [-0.39, 0.29) is 5.83 Å². The minimum atomic E-state index is -0.240. The Labute approximate surface area is 139 Å². The van der Waals surface area contributed by atoms with Crippen molar-refractivity contribution in [2.45, 2.75) is 27.2 Å². The van der Waals surface area contributed by atoms with Gasteiger partial charge in [-0.2, -0.15) is 0 Å². The van der Waals surface area contributed by atoms with Gasteiger partial charge in [0.2, 0.25) is 0 Å². The number of allylic oxidation sites excluding steroid dienone is 8. The molecule has 0 bridgehead atoms. The zero-order chi connectivity index (χ0) is 17.1. The lowest BCUT2D eigenvalue weighted by atomic mass is 9.95. The maximum Gasteiger partial charge on any atom is 0.122 e. The van der Waals surface area contributed by atoms with Crippen LogP contribution in [0, 0.1) is 0 Å². The molecule has 126 valence electrons. The van der Waals surface area contributed by atoms with Crippen molar-refractivity contribution in [2.75, 3.05) is 26.4 Å². The van der Waals surface area contributed by atoms with Gasteiger partial charge in [0.05, 0.1) is 13.2 Å². The second kappa shape index (κ2) is 10.9. The van der Waals surface area contributed by atoms with E-state index in [9.17, 15) is 4.39 Å². The summed E-state index contributed by atoms with van der Waals surface area (Å²) in [6.07, 6.45) is 11.3. The van der Waals surface area contributed by atoms with Crippen molar-refractivity contribution in [1.29, 1.82) is 0 Å². The van der Waals surface area contributed by atoms with Crippen molar-refractivity contribution in [2.24, 2.45) is 0 Å². The fourth-order valence-electron chi connectivity index (χ4n) is 2.10. The smallest absolute Gasteiger partial charge is 0.122 e. The quantitative estimate of drug-likeness (QED) is 0.428. The third kappa shape index (κ3) is 7.40. The molecule has 0 spiro atoms. The standard InChI is InChI=1S/C20H27FO2/c1-5-22-13-12-16(3)14-19(15-23-6-2)17(4)18-8-7-9-20(21)11-10-18/h7,9-12,14H,4-6,8,13,15H2,1-3H3/b16-12-,19-14-.